The highest BCUT2D eigenvalue weighted by Crippen LogP contribution is 2.29. The molecule has 1 aromatic heterocycles. The molecule has 0 atom stereocenters. The summed E-state index contributed by atoms with van der Waals surface area (Å²) in [6, 6.07) is 26.0. The Hall–Kier alpha value is -3.51. The topological polar surface area (TPSA) is 106 Å². The molecule has 1 fully saturated rings. The Morgan fingerprint density at radius 2 is 1.55 bits per heavy atom. The molecule has 38 heavy (non-hydrogen) atoms. The van der Waals surface area contributed by atoms with Gasteiger partial charge in [0.15, 0.2) is 11.0 Å². The maximum atomic E-state index is 13.0. The Kier molecular flexibility index (Phi) is 8.18. The maximum absolute atomic E-state index is 13.0. The Labute approximate surface area is 225 Å². The number of amides is 1. The number of ether oxygens (including phenoxy) is 1. The molecule has 1 aliphatic rings. The number of sulfonamides is 1. The summed E-state index contributed by atoms with van der Waals surface area (Å²) >= 11 is 1.29. The third-order valence-corrected chi connectivity index (χ3v) is 8.87. The van der Waals surface area contributed by atoms with E-state index >= 15 is 0 Å². The van der Waals surface area contributed by atoms with Gasteiger partial charge in [-0.05, 0) is 42.0 Å². The Bertz CT molecular complexity index is 1470. The highest BCUT2D eigenvalue weighted by Gasteiger charge is 2.26. The van der Waals surface area contributed by atoms with Crippen LogP contribution < -0.4 is 5.32 Å². The van der Waals surface area contributed by atoms with Crippen molar-refractivity contribution in [2.24, 2.45) is 0 Å². The van der Waals surface area contributed by atoms with Gasteiger partial charge in [0, 0.05) is 30.9 Å². The van der Waals surface area contributed by atoms with E-state index in [1.54, 1.807) is 24.3 Å². The lowest BCUT2D eigenvalue weighted by Crippen LogP contribution is -2.40. The first-order chi connectivity index (χ1) is 18.5. The molecule has 0 unspecified atom stereocenters. The van der Waals surface area contributed by atoms with E-state index < -0.39 is 10.0 Å². The zero-order valence-electron chi connectivity index (χ0n) is 20.6. The van der Waals surface area contributed by atoms with Crippen LogP contribution in [-0.4, -0.2) is 65.5 Å². The molecular formula is C27H27N5O4S2. The first kappa shape index (κ1) is 26.1. The number of hydrogen-bond donors (Lipinski definition) is 1. The van der Waals surface area contributed by atoms with Gasteiger partial charge in [-0.15, -0.1) is 10.2 Å². The van der Waals surface area contributed by atoms with E-state index in [-0.39, 0.29) is 16.6 Å². The van der Waals surface area contributed by atoms with Crippen molar-refractivity contribution in [3.05, 3.63) is 90.5 Å². The van der Waals surface area contributed by atoms with Crippen LogP contribution in [0.25, 0.3) is 17.1 Å². The number of nitrogens with zero attached hydrogens (tertiary/aromatic N) is 4. The second-order valence-corrected chi connectivity index (χ2v) is 11.4. The SMILES string of the molecule is O=C(CSc1nnc(-c2ccc(S(=O)(=O)N3CCOCC3)cc2)n1-c1ccccc1)NCc1ccccc1. The number of benzene rings is 3. The lowest BCUT2D eigenvalue weighted by atomic mass is 10.2. The van der Waals surface area contributed by atoms with Crippen molar-refractivity contribution in [3.8, 4) is 17.1 Å². The molecule has 196 valence electrons. The number of morpholine rings is 1. The quantitative estimate of drug-likeness (QED) is 0.319. The van der Waals surface area contributed by atoms with E-state index in [9.17, 15) is 13.2 Å². The third kappa shape index (κ3) is 5.97. The summed E-state index contributed by atoms with van der Waals surface area (Å²) in [5.41, 5.74) is 2.58. The average Bonchev–Trinajstić information content (AvgIpc) is 3.40. The van der Waals surface area contributed by atoms with Gasteiger partial charge in [0.25, 0.3) is 0 Å². The number of para-hydroxylation sites is 1. The summed E-state index contributed by atoms with van der Waals surface area (Å²) in [6.07, 6.45) is 0. The number of thioether (sulfide) groups is 1. The number of nitrogens with one attached hydrogen (secondary N) is 1. The van der Waals surface area contributed by atoms with Crippen molar-refractivity contribution >= 4 is 27.7 Å². The summed E-state index contributed by atoms with van der Waals surface area (Å²) in [7, 11) is -3.60. The second-order valence-electron chi connectivity index (χ2n) is 8.57. The van der Waals surface area contributed by atoms with Crippen LogP contribution in [0.5, 0.6) is 0 Å². The van der Waals surface area contributed by atoms with Crippen LogP contribution >= 0.6 is 11.8 Å². The van der Waals surface area contributed by atoms with Crippen molar-refractivity contribution in [3.63, 3.8) is 0 Å². The minimum absolute atomic E-state index is 0.110. The van der Waals surface area contributed by atoms with Crippen molar-refractivity contribution < 1.29 is 17.9 Å². The Morgan fingerprint density at radius 3 is 2.24 bits per heavy atom. The van der Waals surface area contributed by atoms with Crippen molar-refractivity contribution in [2.75, 3.05) is 32.1 Å². The van der Waals surface area contributed by atoms with Crippen LogP contribution in [-0.2, 0) is 26.1 Å². The zero-order chi connectivity index (χ0) is 26.4. The number of carbonyl (C=O) groups excluding carboxylic acids is 1. The largest absolute Gasteiger partial charge is 0.379 e. The minimum Gasteiger partial charge on any atom is -0.379 e. The predicted molar refractivity (Wildman–Crippen MR) is 145 cm³/mol. The van der Waals surface area contributed by atoms with E-state index in [0.717, 1.165) is 11.3 Å². The first-order valence-corrected chi connectivity index (χ1v) is 14.6. The Balaban J connectivity index is 1.36. The summed E-state index contributed by atoms with van der Waals surface area (Å²) in [5.74, 6) is 0.619. The molecule has 2 heterocycles. The summed E-state index contributed by atoms with van der Waals surface area (Å²) in [4.78, 5) is 12.7. The molecule has 0 bridgehead atoms. The number of carbonyl (C=O) groups is 1. The van der Waals surface area contributed by atoms with Gasteiger partial charge in [-0.3, -0.25) is 9.36 Å². The summed E-state index contributed by atoms with van der Waals surface area (Å²) in [6.45, 7) is 1.92. The van der Waals surface area contributed by atoms with Crippen molar-refractivity contribution in [1.29, 1.82) is 0 Å². The number of aromatic nitrogens is 3. The molecule has 0 aliphatic carbocycles. The van der Waals surface area contributed by atoms with Crippen molar-refractivity contribution in [2.45, 2.75) is 16.6 Å². The lowest BCUT2D eigenvalue weighted by Gasteiger charge is -2.26. The van der Waals surface area contributed by atoms with Gasteiger partial charge >= 0.3 is 0 Å². The molecule has 0 saturated carbocycles. The molecule has 1 saturated heterocycles. The molecule has 0 spiro atoms. The van der Waals surface area contributed by atoms with E-state index in [2.05, 4.69) is 15.5 Å². The van der Waals surface area contributed by atoms with Crippen LogP contribution in [0, 0.1) is 0 Å². The fourth-order valence-electron chi connectivity index (χ4n) is 4.05. The molecule has 1 aliphatic heterocycles. The number of rotatable bonds is 9. The van der Waals surface area contributed by atoms with Crippen LogP contribution in [0.3, 0.4) is 0 Å². The molecule has 4 aromatic rings. The standard InChI is InChI=1S/C27H27N5O4S2/c33-25(28-19-21-7-3-1-4-8-21)20-37-27-30-29-26(32(27)23-9-5-2-6-10-23)22-11-13-24(14-12-22)38(34,35)31-15-17-36-18-16-31/h1-14H,15-20H2,(H,28,33). The molecule has 9 nitrogen and oxygen atoms in total. The van der Waals surface area contributed by atoms with Crippen LogP contribution in [0.15, 0.2) is 95.0 Å². The second kappa shape index (κ2) is 11.9. The molecule has 1 amide bonds. The number of hydrogen-bond acceptors (Lipinski definition) is 7. The van der Waals surface area contributed by atoms with Gasteiger partial charge in [0.1, 0.15) is 0 Å². The zero-order valence-corrected chi connectivity index (χ0v) is 22.2. The molecule has 5 rings (SSSR count). The summed E-state index contributed by atoms with van der Waals surface area (Å²) in [5, 5.41) is 12.2. The van der Waals surface area contributed by atoms with E-state index in [1.807, 2.05) is 65.2 Å². The van der Waals surface area contributed by atoms with Crippen molar-refractivity contribution in [1.82, 2.24) is 24.4 Å². The van der Waals surface area contributed by atoms with Gasteiger partial charge < -0.3 is 10.1 Å². The predicted octanol–water partition coefficient (Wildman–Crippen LogP) is 3.36. The fourth-order valence-corrected chi connectivity index (χ4v) is 6.24. The minimum atomic E-state index is -3.60. The van der Waals surface area contributed by atoms with Gasteiger partial charge in [0.05, 0.1) is 23.9 Å². The van der Waals surface area contributed by atoms with Crippen LogP contribution in [0.4, 0.5) is 0 Å². The van der Waals surface area contributed by atoms with Gasteiger partial charge in [0.2, 0.25) is 15.9 Å². The van der Waals surface area contributed by atoms with E-state index in [0.29, 0.717) is 49.4 Å². The molecule has 0 radical (unpaired) electrons. The highest BCUT2D eigenvalue weighted by atomic mass is 32.2. The smallest absolute Gasteiger partial charge is 0.243 e. The monoisotopic (exact) mass is 549 g/mol. The van der Waals surface area contributed by atoms with Gasteiger partial charge in [-0.1, -0.05) is 60.3 Å². The maximum Gasteiger partial charge on any atom is 0.243 e. The molecule has 1 N–H and O–H groups in total. The molecule has 3 aromatic carbocycles. The van der Waals surface area contributed by atoms with Crippen LogP contribution in [0.1, 0.15) is 5.56 Å². The van der Waals surface area contributed by atoms with E-state index in [4.69, 9.17) is 4.74 Å². The Morgan fingerprint density at radius 1 is 0.895 bits per heavy atom. The third-order valence-electron chi connectivity index (χ3n) is 6.03. The van der Waals surface area contributed by atoms with E-state index in [1.165, 1.54) is 16.1 Å². The molecular weight excluding hydrogens is 522 g/mol. The van der Waals surface area contributed by atoms with Crippen LogP contribution in [0.2, 0.25) is 0 Å². The average molecular weight is 550 g/mol. The van der Waals surface area contributed by atoms with Gasteiger partial charge in [-0.25, -0.2) is 8.42 Å². The normalized spacial score (nSPS) is 14.3. The molecule has 11 heteroatoms. The van der Waals surface area contributed by atoms with Gasteiger partial charge in [-0.2, -0.15) is 4.31 Å². The first-order valence-electron chi connectivity index (χ1n) is 12.1. The fraction of sp³-hybridized carbons (Fsp3) is 0.222. The lowest BCUT2D eigenvalue weighted by molar-refractivity contribution is -0.118. The summed E-state index contributed by atoms with van der Waals surface area (Å²) < 4.78 is 34.6. The highest BCUT2D eigenvalue weighted by molar-refractivity contribution is 7.99.